The van der Waals surface area contributed by atoms with Crippen molar-refractivity contribution in [3.05, 3.63) is 62.7 Å². The van der Waals surface area contributed by atoms with Crippen molar-refractivity contribution in [1.82, 2.24) is 4.90 Å². The van der Waals surface area contributed by atoms with E-state index in [1.165, 1.54) is 23.9 Å². The number of aryl methyl sites for hydroxylation is 1. The monoisotopic (exact) mass is 402 g/mol. The second-order valence-electron chi connectivity index (χ2n) is 6.80. The van der Waals surface area contributed by atoms with Gasteiger partial charge in [0.1, 0.15) is 0 Å². The van der Waals surface area contributed by atoms with Crippen LogP contribution in [0, 0.1) is 17.0 Å². The van der Waals surface area contributed by atoms with Crippen molar-refractivity contribution >= 4 is 34.6 Å². The van der Waals surface area contributed by atoms with E-state index in [0.717, 1.165) is 38.3 Å². The van der Waals surface area contributed by atoms with Crippen LogP contribution in [0.1, 0.15) is 22.8 Å². The van der Waals surface area contributed by atoms with Gasteiger partial charge in [0.05, 0.1) is 15.5 Å². The fourth-order valence-corrected chi connectivity index (χ4v) is 3.65. The van der Waals surface area contributed by atoms with E-state index in [2.05, 4.69) is 22.0 Å². The number of amides is 1. The largest absolute Gasteiger partial charge is 0.369 e. The van der Waals surface area contributed by atoms with E-state index < -0.39 is 10.8 Å². The molecule has 28 heavy (non-hydrogen) atoms. The molecule has 1 fully saturated rings. The average molecular weight is 403 g/mol. The van der Waals surface area contributed by atoms with Crippen molar-refractivity contribution in [3.8, 4) is 0 Å². The summed E-state index contributed by atoms with van der Waals surface area (Å²) >= 11 is 6.04. The van der Waals surface area contributed by atoms with Gasteiger partial charge in [0.2, 0.25) is 0 Å². The highest BCUT2D eigenvalue weighted by Gasteiger charge is 2.18. The number of nitrogens with one attached hydrogen (secondary N) is 1. The molecule has 0 spiro atoms. The summed E-state index contributed by atoms with van der Waals surface area (Å²) in [5, 5.41) is 13.7. The van der Waals surface area contributed by atoms with E-state index in [-0.39, 0.29) is 16.3 Å². The summed E-state index contributed by atoms with van der Waals surface area (Å²) in [7, 11) is 0. The van der Waals surface area contributed by atoms with Crippen LogP contribution in [0.5, 0.6) is 0 Å². The first kappa shape index (κ1) is 20.1. The molecule has 0 unspecified atom stereocenters. The van der Waals surface area contributed by atoms with Gasteiger partial charge in [0, 0.05) is 49.7 Å². The topological polar surface area (TPSA) is 78.7 Å². The van der Waals surface area contributed by atoms with Crippen LogP contribution >= 0.6 is 11.6 Å². The second kappa shape index (κ2) is 8.58. The standard InChI is InChI=1S/C20H23ClN4O3/c1-3-23-8-10-24(11-9-23)19-7-4-15(12-14(19)2)22-20(26)17-6-5-16(25(27)28)13-18(17)21/h4-7,12-13H,3,8-11H2,1-2H3,(H,22,26). The van der Waals surface area contributed by atoms with Crippen LogP contribution in [0.2, 0.25) is 5.02 Å². The molecule has 7 nitrogen and oxygen atoms in total. The van der Waals surface area contributed by atoms with Crippen LogP contribution < -0.4 is 10.2 Å². The van der Waals surface area contributed by atoms with Gasteiger partial charge in [0.15, 0.2) is 0 Å². The summed E-state index contributed by atoms with van der Waals surface area (Å²) in [5.41, 5.74) is 2.96. The summed E-state index contributed by atoms with van der Waals surface area (Å²) < 4.78 is 0. The molecular formula is C20H23ClN4O3. The zero-order valence-corrected chi connectivity index (χ0v) is 16.7. The van der Waals surface area contributed by atoms with Gasteiger partial charge in [-0.05, 0) is 43.3 Å². The molecule has 148 valence electrons. The van der Waals surface area contributed by atoms with Gasteiger partial charge in [-0.1, -0.05) is 18.5 Å². The Kier molecular flexibility index (Phi) is 6.16. The van der Waals surface area contributed by atoms with Crippen LogP contribution in [0.4, 0.5) is 17.1 Å². The molecule has 0 saturated carbocycles. The average Bonchev–Trinajstić information content (AvgIpc) is 2.68. The van der Waals surface area contributed by atoms with Gasteiger partial charge in [-0.2, -0.15) is 0 Å². The van der Waals surface area contributed by atoms with Crippen molar-refractivity contribution in [1.29, 1.82) is 0 Å². The lowest BCUT2D eigenvalue weighted by molar-refractivity contribution is -0.384. The quantitative estimate of drug-likeness (QED) is 0.605. The summed E-state index contributed by atoms with van der Waals surface area (Å²) in [5.74, 6) is -0.399. The van der Waals surface area contributed by atoms with Crippen molar-refractivity contribution in [2.45, 2.75) is 13.8 Å². The Morgan fingerprint density at radius 2 is 1.89 bits per heavy atom. The highest BCUT2D eigenvalue weighted by Crippen LogP contribution is 2.27. The predicted octanol–water partition coefficient (Wildman–Crippen LogP) is 3.95. The Morgan fingerprint density at radius 3 is 2.46 bits per heavy atom. The minimum absolute atomic E-state index is 0.0498. The maximum Gasteiger partial charge on any atom is 0.270 e. The fraction of sp³-hybridized carbons (Fsp3) is 0.350. The third kappa shape index (κ3) is 4.43. The Morgan fingerprint density at radius 1 is 1.18 bits per heavy atom. The first-order valence-electron chi connectivity index (χ1n) is 9.22. The number of nitro groups is 1. The van der Waals surface area contributed by atoms with Crippen molar-refractivity contribution in [2.75, 3.05) is 42.9 Å². The second-order valence-corrected chi connectivity index (χ2v) is 7.21. The molecule has 1 amide bonds. The normalized spacial score (nSPS) is 14.8. The zero-order valence-electron chi connectivity index (χ0n) is 15.9. The molecule has 8 heteroatoms. The smallest absolute Gasteiger partial charge is 0.270 e. The predicted molar refractivity (Wildman–Crippen MR) is 112 cm³/mol. The third-order valence-electron chi connectivity index (χ3n) is 5.02. The van der Waals surface area contributed by atoms with Crippen LogP contribution in [-0.2, 0) is 0 Å². The molecule has 0 aliphatic carbocycles. The molecule has 1 heterocycles. The summed E-state index contributed by atoms with van der Waals surface area (Å²) in [6, 6.07) is 9.63. The van der Waals surface area contributed by atoms with Crippen LogP contribution in [0.3, 0.4) is 0 Å². The van der Waals surface area contributed by atoms with Gasteiger partial charge in [-0.25, -0.2) is 0 Å². The minimum atomic E-state index is -0.546. The first-order valence-corrected chi connectivity index (χ1v) is 9.60. The van der Waals surface area contributed by atoms with Crippen LogP contribution in [0.25, 0.3) is 0 Å². The molecule has 2 aromatic rings. The molecular weight excluding hydrogens is 380 g/mol. The van der Waals surface area contributed by atoms with Crippen molar-refractivity contribution in [3.63, 3.8) is 0 Å². The number of hydrogen-bond donors (Lipinski definition) is 1. The van der Waals surface area contributed by atoms with Crippen molar-refractivity contribution in [2.24, 2.45) is 0 Å². The number of carbonyl (C=O) groups excluding carboxylic acids is 1. The Labute approximate surface area is 169 Å². The molecule has 3 rings (SSSR count). The number of carbonyl (C=O) groups is 1. The first-order chi connectivity index (χ1) is 13.4. The number of rotatable bonds is 5. The van der Waals surface area contributed by atoms with E-state index >= 15 is 0 Å². The van der Waals surface area contributed by atoms with Gasteiger partial charge in [-0.3, -0.25) is 14.9 Å². The van der Waals surface area contributed by atoms with Crippen LogP contribution in [0.15, 0.2) is 36.4 Å². The molecule has 1 saturated heterocycles. The van der Waals surface area contributed by atoms with E-state index in [1.807, 2.05) is 25.1 Å². The maximum absolute atomic E-state index is 12.5. The molecule has 1 aliphatic rings. The number of anilines is 2. The molecule has 1 N–H and O–H groups in total. The number of halogens is 1. The minimum Gasteiger partial charge on any atom is -0.369 e. The van der Waals surface area contributed by atoms with Crippen molar-refractivity contribution < 1.29 is 9.72 Å². The molecule has 1 aliphatic heterocycles. The number of likely N-dealkylation sites (N-methyl/N-ethyl adjacent to an activating group) is 1. The maximum atomic E-state index is 12.5. The number of nitrogens with zero attached hydrogens (tertiary/aromatic N) is 3. The molecule has 0 atom stereocenters. The molecule has 0 bridgehead atoms. The van der Waals surface area contributed by atoms with Gasteiger partial charge in [0.25, 0.3) is 11.6 Å². The summed E-state index contributed by atoms with van der Waals surface area (Å²) in [6.07, 6.45) is 0. The van der Waals surface area contributed by atoms with Gasteiger partial charge >= 0.3 is 0 Å². The molecule has 0 radical (unpaired) electrons. The number of nitro benzene ring substituents is 1. The Bertz CT molecular complexity index is 895. The van der Waals surface area contributed by atoms with Gasteiger partial charge < -0.3 is 15.1 Å². The van der Waals surface area contributed by atoms with E-state index in [0.29, 0.717) is 5.69 Å². The zero-order chi connectivity index (χ0) is 20.3. The SMILES string of the molecule is CCN1CCN(c2ccc(NC(=O)c3ccc([N+](=O)[O-])cc3Cl)cc2C)CC1. The Hall–Kier alpha value is -2.64. The number of piperazine rings is 1. The van der Waals surface area contributed by atoms with E-state index in [1.54, 1.807) is 0 Å². The van der Waals surface area contributed by atoms with E-state index in [4.69, 9.17) is 11.6 Å². The molecule has 0 aromatic heterocycles. The fourth-order valence-electron chi connectivity index (χ4n) is 3.39. The summed E-state index contributed by atoms with van der Waals surface area (Å²) in [4.78, 5) is 27.5. The third-order valence-corrected chi connectivity index (χ3v) is 5.34. The Balaban J connectivity index is 1.71. The number of benzene rings is 2. The number of hydrogen-bond acceptors (Lipinski definition) is 5. The van der Waals surface area contributed by atoms with Gasteiger partial charge in [-0.15, -0.1) is 0 Å². The highest BCUT2D eigenvalue weighted by molar-refractivity contribution is 6.34. The lowest BCUT2D eigenvalue weighted by atomic mass is 10.1. The number of non-ortho nitro benzene ring substituents is 1. The lowest BCUT2D eigenvalue weighted by Gasteiger charge is -2.36. The summed E-state index contributed by atoms with van der Waals surface area (Å²) in [6.45, 7) is 9.34. The molecule has 2 aromatic carbocycles. The lowest BCUT2D eigenvalue weighted by Crippen LogP contribution is -2.46. The van der Waals surface area contributed by atoms with E-state index in [9.17, 15) is 14.9 Å². The van der Waals surface area contributed by atoms with Crippen LogP contribution in [-0.4, -0.2) is 48.5 Å². The highest BCUT2D eigenvalue weighted by atomic mass is 35.5.